The molecule has 0 atom stereocenters. The molecule has 1 aliphatic rings. The maximum atomic E-state index is 11.8. The molecule has 0 radical (unpaired) electrons. The molecule has 9 heteroatoms. The van der Waals surface area contributed by atoms with E-state index in [0.29, 0.717) is 33.3 Å². The summed E-state index contributed by atoms with van der Waals surface area (Å²) in [6.45, 7) is 9.11. The van der Waals surface area contributed by atoms with E-state index in [9.17, 15) is 4.79 Å². The number of aromatic nitrogens is 3. The second-order valence-electron chi connectivity index (χ2n) is 10.6. The highest BCUT2D eigenvalue weighted by Crippen LogP contribution is 2.34. The van der Waals surface area contributed by atoms with E-state index in [1.165, 1.54) is 37.0 Å². The van der Waals surface area contributed by atoms with Crippen LogP contribution in [0.4, 0.5) is 5.69 Å². The number of nitrogens with zero attached hydrogens (tertiary/aromatic N) is 3. The van der Waals surface area contributed by atoms with Crippen LogP contribution in [-0.2, 0) is 0 Å². The minimum atomic E-state index is 0.0370. The van der Waals surface area contributed by atoms with Gasteiger partial charge in [0.1, 0.15) is 17.1 Å². The number of nitrogens with one attached hydrogen (secondary N) is 3. The van der Waals surface area contributed by atoms with Gasteiger partial charge in [-0.15, -0.1) is 11.3 Å². The summed E-state index contributed by atoms with van der Waals surface area (Å²) in [5.74, 6) is 0.814. The van der Waals surface area contributed by atoms with E-state index in [0.717, 1.165) is 46.0 Å². The number of H-pyrrole nitrogens is 1. The summed E-state index contributed by atoms with van der Waals surface area (Å²) in [6, 6.07) is 11.2. The van der Waals surface area contributed by atoms with Gasteiger partial charge in [-0.2, -0.15) is 0 Å². The van der Waals surface area contributed by atoms with Crippen molar-refractivity contribution in [3.63, 3.8) is 0 Å². The number of fused-ring (bicyclic) bond motifs is 1. The third-order valence-corrected chi connectivity index (χ3v) is 8.64. The predicted molar refractivity (Wildman–Crippen MR) is 170 cm³/mol. The largest absolute Gasteiger partial charge is 0.397 e. The highest BCUT2D eigenvalue weighted by molar-refractivity contribution is 7.17. The minimum Gasteiger partial charge on any atom is -0.397 e. The number of allylic oxidation sites excluding steroid dienone is 2. The van der Waals surface area contributed by atoms with Crippen LogP contribution in [0.25, 0.3) is 27.0 Å². The number of thiophene rings is 1. The average Bonchev–Trinajstić information content (AvgIpc) is 3.74. The van der Waals surface area contributed by atoms with Crippen LogP contribution in [0, 0.1) is 11.3 Å². The Morgan fingerprint density at radius 3 is 2.78 bits per heavy atom. The van der Waals surface area contributed by atoms with Crippen LogP contribution < -0.4 is 11.1 Å². The molecule has 41 heavy (non-hydrogen) atoms. The van der Waals surface area contributed by atoms with E-state index < -0.39 is 0 Å². The van der Waals surface area contributed by atoms with Crippen molar-refractivity contribution in [1.82, 2.24) is 20.3 Å². The van der Waals surface area contributed by atoms with E-state index in [1.807, 2.05) is 30.3 Å². The first kappa shape index (κ1) is 28.3. The zero-order valence-electron chi connectivity index (χ0n) is 23.5. The number of aromatic amines is 1. The lowest BCUT2D eigenvalue weighted by Crippen LogP contribution is -2.22. The van der Waals surface area contributed by atoms with Crippen molar-refractivity contribution in [3.05, 3.63) is 82.4 Å². The third-order valence-electron chi connectivity index (χ3n) is 7.42. The Hall–Kier alpha value is -4.21. The smallest absolute Gasteiger partial charge is 0.169 e. The van der Waals surface area contributed by atoms with Crippen LogP contribution in [0.5, 0.6) is 0 Å². The second-order valence-corrected chi connectivity index (χ2v) is 11.7. The molecule has 4 heterocycles. The first-order valence-corrected chi connectivity index (χ1v) is 14.6. The fourth-order valence-electron chi connectivity index (χ4n) is 5.29. The molecule has 0 unspecified atom stereocenters. The van der Waals surface area contributed by atoms with Crippen LogP contribution in [0.1, 0.15) is 66.3 Å². The number of carbonyl (C=O) groups is 1. The lowest BCUT2D eigenvalue weighted by Gasteiger charge is -2.12. The molecule has 0 amide bonds. The van der Waals surface area contributed by atoms with Gasteiger partial charge >= 0.3 is 0 Å². The molecule has 0 aromatic carbocycles. The van der Waals surface area contributed by atoms with Crippen molar-refractivity contribution in [2.24, 2.45) is 10.9 Å². The Kier molecular flexibility index (Phi) is 8.66. The van der Waals surface area contributed by atoms with Gasteiger partial charge in [0, 0.05) is 40.3 Å². The highest BCUT2D eigenvalue weighted by Gasteiger charge is 2.18. The number of nitrogen functional groups attached to an aromatic ring is 1. The Labute approximate surface area is 244 Å². The topological polar surface area (TPSA) is 133 Å². The number of Topliss-reactive ketones (excluding diaryl/α,β-unsaturated/α-hetero) is 1. The lowest BCUT2D eigenvalue weighted by molar-refractivity contribution is 0.102. The Bertz CT molecular complexity index is 1670. The van der Waals surface area contributed by atoms with E-state index in [4.69, 9.17) is 16.1 Å². The number of ketones is 1. The summed E-state index contributed by atoms with van der Waals surface area (Å²) >= 11 is 1.44. The second kappa shape index (κ2) is 12.5. The molecule has 8 nitrogen and oxygen atoms in total. The maximum absolute atomic E-state index is 11.8. The van der Waals surface area contributed by atoms with Gasteiger partial charge < -0.3 is 16.0 Å². The van der Waals surface area contributed by atoms with Crippen LogP contribution in [0.15, 0.2) is 65.4 Å². The highest BCUT2D eigenvalue weighted by atomic mass is 32.1. The standard InChI is InChI=1S/C32H35N7OS/c1-19(16-36-17-21-6-4-5-7-21)14-22(18-35-3)26-9-8-25(33)31(38-26)30(34)27-15-24-23(12-13-37-32(24)39-27)29-11-10-28(41-29)20(2)40/h8-15,18,21,34,36H,3-7,16-17,33H2,1-2H3,(H,37,39)/b19-14+,22-18+,34-30?. The molecular weight excluding hydrogens is 530 g/mol. The molecule has 0 aliphatic heterocycles. The first-order valence-electron chi connectivity index (χ1n) is 13.8. The summed E-state index contributed by atoms with van der Waals surface area (Å²) in [5.41, 5.74) is 12.0. The van der Waals surface area contributed by atoms with Crippen molar-refractivity contribution in [1.29, 1.82) is 5.41 Å². The Balaban J connectivity index is 1.41. The molecule has 5 rings (SSSR count). The van der Waals surface area contributed by atoms with Crippen LogP contribution in [0.3, 0.4) is 0 Å². The Morgan fingerprint density at radius 2 is 2.05 bits per heavy atom. The molecule has 1 fully saturated rings. The number of nitrogens with two attached hydrogens (primary N) is 1. The molecule has 210 valence electrons. The fourth-order valence-corrected chi connectivity index (χ4v) is 6.23. The summed E-state index contributed by atoms with van der Waals surface area (Å²) in [4.78, 5) is 30.0. The Morgan fingerprint density at radius 1 is 1.24 bits per heavy atom. The first-order chi connectivity index (χ1) is 19.8. The van der Waals surface area contributed by atoms with Crippen molar-refractivity contribution < 1.29 is 4.79 Å². The molecule has 5 N–H and O–H groups in total. The maximum Gasteiger partial charge on any atom is 0.169 e. The predicted octanol–water partition coefficient (Wildman–Crippen LogP) is 6.65. The number of carbonyl (C=O) groups excluding carboxylic acids is 1. The number of pyridine rings is 2. The van der Waals surface area contributed by atoms with Gasteiger partial charge in [0.2, 0.25) is 0 Å². The summed E-state index contributed by atoms with van der Waals surface area (Å²) in [7, 11) is 0. The monoisotopic (exact) mass is 565 g/mol. The van der Waals surface area contributed by atoms with E-state index in [-0.39, 0.29) is 11.5 Å². The van der Waals surface area contributed by atoms with Crippen LogP contribution >= 0.6 is 11.3 Å². The SMILES string of the molecule is C=N/C=C(\C=C(/C)CNCC1CCCC1)c1ccc(N)c(C(=N)c2cc3c(-c4ccc(C(C)=O)s4)ccnc3[nH]2)n1. The van der Waals surface area contributed by atoms with Crippen molar-refractivity contribution in [2.75, 3.05) is 18.8 Å². The van der Waals surface area contributed by atoms with Crippen molar-refractivity contribution in [2.45, 2.75) is 39.5 Å². The number of anilines is 1. The van der Waals surface area contributed by atoms with Gasteiger partial charge in [-0.05, 0) is 82.3 Å². The van der Waals surface area contributed by atoms with Crippen molar-refractivity contribution in [3.8, 4) is 10.4 Å². The number of hydrogen-bond donors (Lipinski definition) is 4. The van der Waals surface area contributed by atoms with Gasteiger partial charge in [0.05, 0.1) is 22.0 Å². The zero-order chi connectivity index (χ0) is 28.9. The molecule has 1 aliphatic carbocycles. The molecule has 0 saturated heterocycles. The van der Waals surface area contributed by atoms with Gasteiger partial charge in [-0.1, -0.05) is 24.5 Å². The molecule has 4 aromatic rings. The normalized spacial score (nSPS) is 14.6. The lowest BCUT2D eigenvalue weighted by atomic mass is 10.1. The molecule has 0 bridgehead atoms. The van der Waals surface area contributed by atoms with Gasteiger partial charge in [-0.3, -0.25) is 15.2 Å². The summed E-state index contributed by atoms with van der Waals surface area (Å²) in [6.07, 6.45) is 10.8. The number of aliphatic imine (C=N–C) groups is 1. The van der Waals surface area contributed by atoms with Crippen LogP contribution in [0.2, 0.25) is 0 Å². The number of hydrogen-bond acceptors (Lipinski definition) is 8. The zero-order valence-corrected chi connectivity index (χ0v) is 24.3. The van der Waals surface area contributed by atoms with Gasteiger partial charge in [0.25, 0.3) is 0 Å². The molecule has 0 spiro atoms. The molecule has 4 aromatic heterocycles. The fraction of sp³-hybridized carbons (Fsp3) is 0.281. The summed E-state index contributed by atoms with van der Waals surface area (Å²) in [5, 5.41) is 13.4. The van der Waals surface area contributed by atoms with Gasteiger partial charge in [0.15, 0.2) is 5.78 Å². The summed E-state index contributed by atoms with van der Waals surface area (Å²) < 4.78 is 0. The van der Waals surface area contributed by atoms with E-state index >= 15 is 0 Å². The van der Waals surface area contributed by atoms with Gasteiger partial charge in [-0.25, -0.2) is 9.97 Å². The molecular formula is C32H35N7OS. The number of rotatable bonds is 11. The van der Waals surface area contributed by atoms with Crippen molar-refractivity contribution >= 4 is 51.8 Å². The molecule has 1 saturated carbocycles. The van der Waals surface area contributed by atoms with E-state index in [2.05, 4.69) is 40.0 Å². The minimum absolute atomic E-state index is 0.0370. The van der Waals surface area contributed by atoms with Crippen LogP contribution in [-0.4, -0.2) is 46.3 Å². The van der Waals surface area contributed by atoms with E-state index in [1.54, 1.807) is 25.4 Å². The quantitative estimate of drug-likeness (QED) is 0.0917. The average molecular weight is 566 g/mol. The third kappa shape index (κ3) is 6.42.